The monoisotopic (exact) mass is 347 g/mol. The second kappa shape index (κ2) is 6.94. The smallest absolute Gasteiger partial charge is 0.263 e. The van der Waals surface area contributed by atoms with Gasteiger partial charge in [0.1, 0.15) is 10.6 Å². The van der Waals surface area contributed by atoms with E-state index in [1.807, 2.05) is 23.6 Å². The molecule has 0 N–H and O–H groups in total. The average Bonchev–Trinajstić information content (AvgIpc) is 2.80. The van der Waals surface area contributed by atoms with Gasteiger partial charge in [-0.2, -0.15) is 11.8 Å². The van der Waals surface area contributed by atoms with E-state index >= 15 is 0 Å². The highest BCUT2D eigenvalue weighted by atomic mass is 35.7. The van der Waals surface area contributed by atoms with Gasteiger partial charge in [-0.25, -0.2) is 8.42 Å². The second-order valence-electron chi connectivity index (χ2n) is 4.55. The Morgan fingerprint density at radius 2 is 2.14 bits per heavy atom. The number of aryl methyl sites for hydroxylation is 1. The van der Waals surface area contributed by atoms with Crippen LogP contribution in [-0.2, 0) is 15.6 Å². The first-order valence-electron chi connectivity index (χ1n) is 6.67. The molecule has 0 saturated heterocycles. The van der Waals surface area contributed by atoms with Gasteiger partial charge in [0.05, 0.1) is 17.5 Å². The van der Waals surface area contributed by atoms with E-state index in [9.17, 15) is 8.42 Å². The Bertz CT molecular complexity index is 725. The van der Waals surface area contributed by atoms with E-state index in [-0.39, 0.29) is 4.90 Å². The minimum atomic E-state index is -3.81. The first kappa shape index (κ1) is 16.5. The summed E-state index contributed by atoms with van der Waals surface area (Å²) < 4.78 is 31.2. The molecule has 4 nitrogen and oxygen atoms in total. The Morgan fingerprint density at radius 1 is 1.38 bits per heavy atom. The van der Waals surface area contributed by atoms with E-state index in [1.165, 1.54) is 0 Å². The van der Waals surface area contributed by atoms with Crippen LogP contribution in [0, 0.1) is 0 Å². The molecular weight excluding hydrogens is 330 g/mol. The van der Waals surface area contributed by atoms with Gasteiger partial charge in [0.15, 0.2) is 0 Å². The third-order valence-corrected chi connectivity index (χ3v) is 5.17. The molecule has 0 saturated carbocycles. The lowest BCUT2D eigenvalue weighted by Crippen LogP contribution is -1.97. The van der Waals surface area contributed by atoms with Crippen molar-refractivity contribution in [1.29, 1.82) is 0 Å². The van der Waals surface area contributed by atoms with Gasteiger partial charge in [0.25, 0.3) is 9.05 Å². The first-order chi connectivity index (χ1) is 9.99. The SMILES string of the molecule is CCOc1cccc2c1c(S(=O)(=O)Cl)cn2CCCSC. The summed E-state index contributed by atoms with van der Waals surface area (Å²) in [5.74, 6) is 1.58. The van der Waals surface area contributed by atoms with Crippen molar-refractivity contribution in [1.82, 2.24) is 4.57 Å². The molecule has 21 heavy (non-hydrogen) atoms. The summed E-state index contributed by atoms with van der Waals surface area (Å²) in [5.41, 5.74) is 0.835. The Balaban J connectivity index is 2.59. The van der Waals surface area contributed by atoms with Gasteiger partial charge in [0, 0.05) is 23.4 Å². The van der Waals surface area contributed by atoms with E-state index < -0.39 is 9.05 Å². The molecule has 1 aromatic heterocycles. The predicted molar refractivity (Wildman–Crippen MR) is 89.1 cm³/mol. The quantitative estimate of drug-likeness (QED) is 0.565. The molecule has 0 bridgehead atoms. The third kappa shape index (κ3) is 3.67. The second-order valence-corrected chi connectivity index (χ2v) is 8.07. The lowest BCUT2D eigenvalue weighted by atomic mass is 10.2. The van der Waals surface area contributed by atoms with Crippen molar-refractivity contribution in [3.8, 4) is 5.75 Å². The Kier molecular flexibility index (Phi) is 5.46. The number of benzene rings is 1. The molecule has 1 aromatic carbocycles. The van der Waals surface area contributed by atoms with Crippen LogP contribution < -0.4 is 4.74 Å². The van der Waals surface area contributed by atoms with Crippen molar-refractivity contribution in [2.24, 2.45) is 0 Å². The number of hydrogen-bond donors (Lipinski definition) is 0. The maximum Gasteiger partial charge on any atom is 0.263 e. The first-order valence-corrected chi connectivity index (χ1v) is 10.4. The van der Waals surface area contributed by atoms with Crippen LogP contribution in [-0.4, -0.2) is 31.6 Å². The zero-order valence-electron chi connectivity index (χ0n) is 12.0. The van der Waals surface area contributed by atoms with Gasteiger partial charge >= 0.3 is 0 Å². The Hall–Kier alpha value is -0.850. The number of fused-ring (bicyclic) bond motifs is 1. The van der Waals surface area contributed by atoms with Crippen molar-refractivity contribution in [3.05, 3.63) is 24.4 Å². The van der Waals surface area contributed by atoms with Crippen molar-refractivity contribution in [2.45, 2.75) is 24.8 Å². The number of ether oxygens (including phenoxy) is 1. The molecule has 1 heterocycles. The normalized spacial score (nSPS) is 12.0. The van der Waals surface area contributed by atoms with Crippen LogP contribution in [0.15, 0.2) is 29.3 Å². The minimum Gasteiger partial charge on any atom is -0.493 e. The molecule has 2 rings (SSSR count). The van der Waals surface area contributed by atoms with Crippen molar-refractivity contribution >= 4 is 42.4 Å². The Morgan fingerprint density at radius 3 is 2.76 bits per heavy atom. The molecule has 7 heteroatoms. The highest BCUT2D eigenvalue weighted by Gasteiger charge is 2.21. The van der Waals surface area contributed by atoms with Crippen molar-refractivity contribution in [3.63, 3.8) is 0 Å². The Labute approximate surface area is 133 Å². The van der Waals surface area contributed by atoms with Crippen LogP contribution in [0.5, 0.6) is 5.75 Å². The summed E-state index contributed by atoms with van der Waals surface area (Å²) in [6.45, 7) is 3.08. The summed E-state index contributed by atoms with van der Waals surface area (Å²) in [4.78, 5) is 0.118. The summed E-state index contributed by atoms with van der Waals surface area (Å²) in [6, 6.07) is 5.52. The van der Waals surface area contributed by atoms with E-state index in [2.05, 4.69) is 6.26 Å². The molecule has 116 valence electrons. The molecule has 0 spiro atoms. The van der Waals surface area contributed by atoms with Crippen molar-refractivity contribution < 1.29 is 13.2 Å². The van der Waals surface area contributed by atoms with E-state index in [1.54, 1.807) is 24.0 Å². The number of rotatable bonds is 7. The van der Waals surface area contributed by atoms with Gasteiger partial charge in [-0.3, -0.25) is 0 Å². The fraction of sp³-hybridized carbons (Fsp3) is 0.429. The van der Waals surface area contributed by atoms with Crippen LogP contribution in [0.3, 0.4) is 0 Å². The van der Waals surface area contributed by atoms with Crippen LogP contribution >= 0.6 is 22.4 Å². The van der Waals surface area contributed by atoms with Crippen molar-refractivity contribution in [2.75, 3.05) is 18.6 Å². The topological polar surface area (TPSA) is 48.3 Å². The van der Waals surface area contributed by atoms with E-state index in [0.29, 0.717) is 17.7 Å². The third-order valence-electron chi connectivity index (χ3n) is 3.14. The zero-order chi connectivity index (χ0) is 15.5. The van der Waals surface area contributed by atoms with Gasteiger partial charge < -0.3 is 9.30 Å². The fourth-order valence-electron chi connectivity index (χ4n) is 2.31. The number of aromatic nitrogens is 1. The standard InChI is InChI=1S/C14H18ClNO3S2/c1-3-19-12-7-4-6-11-14(12)13(21(15,17)18)10-16(11)8-5-9-20-2/h4,6-7,10H,3,5,8-9H2,1-2H3. The number of thioether (sulfide) groups is 1. The van der Waals surface area contributed by atoms with Gasteiger partial charge in [-0.05, 0) is 37.5 Å². The van der Waals surface area contributed by atoms with Gasteiger partial charge in [-0.1, -0.05) is 6.07 Å². The molecule has 0 aliphatic rings. The highest BCUT2D eigenvalue weighted by Crippen LogP contribution is 2.35. The summed E-state index contributed by atoms with van der Waals surface area (Å²) >= 11 is 1.77. The molecular formula is C14H18ClNO3S2. The van der Waals surface area contributed by atoms with E-state index in [4.69, 9.17) is 15.4 Å². The predicted octanol–water partition coefficient (Wildman–Crippen LogP) is 3.72. The highest BCUT2D eigenvalue weighted by molar-refractivity contribution is 8.14. The molecule has 2 aromatic rings. The van der Waals surface area contributed by atoms with Gasteiger partial charge in [0.2, 0.25) is 0 Å². The maximum absolute atomic E-state index is 11.8. The van der Waals surface area contributed by atoms with E-state index in [0.717, 1.165) is 24.2 Å². The maximum atomic E-state index is 11.8. The molecule has 0 aliphatic carbocycles. The van der Waals surface area contributed by atoms with Crippen LogP contribution in [0.2, 0.25) is 0 Å². The summed E-state index contributed by atoms with van der Waals surface area (Å²) in [5, 5.41) is 0.568. The summed E-state index contributed by atoms with van der Waals surface area (Å²) in [7, 11) is 1.77. The molecule has 0 unspecified atom stereocenters. The van der Waals surface area contributed by atoms with Crippen LogP contribution in [0.25, 0.3) is 10.9 Å². The number of nitrogens with zero attached hydrogens (tertiary/aromatic N) is 1. The number of halogens is 1. The van der Waals surface area contributed by atoms with Crippen LogP contribution in [0.4, 0.5) is 0 Å². The fourth-order valence-corrected chi connectivity index (χ4v) is 3.78. The average molecular weight is 348 g/mol. The zero-order valence-corrected chi connectivity index (χ0v) is 14.4. The van der Waals surface area contributed by atoms with Gasteiger partial charge in [-0.15, -0.1) is 0 Å². The number of hydrogen-bond acceptors (Lipinski definition) is 4. The lowest BCUT2D eigenvalue weighted by molar-refractivity contribution is 0.344. The molecule has 0 aliphatic heterocycles. The largest absolute Gasteiger partial charge is 0.493 e. The molecule has 0 fully saturated rings. The molecule has 0 radical (unpaired) electrons. The minimum absolute atomic E-state index is 0.118. The summed E-state index contributed by atoms with van der Waals surface area (Å²) in [6.07, 6.45) is 4.62. The van der Waals surface area contributed by atoms with Crippen LogP contribution in [0.1, 0.15) is 13.3 Å². The molecule has 0 amide bonds. The lowest BCUT2D eigenvalue weighted by Gasteiger charge is -2.07. The molecule has 0 atom stereocenters.